The molecule has 3 aliphatic heterocycles. The van der Waals surface area contributed by atoms with Gasteiger partial charge in [-0.15, -0.1) is 49.0 Å². The molecule has 2 atom stereocenters. The number of non-ortho nitro benzene ring substituents is 1. The van der Waals surface area contributed by atoms with Crippen LogP contribution in [-0.4, -0.2) is 83.6 Å². The quantitative estimate of drug-likeness (QED) is 0.501. The van der Waals surface area contributed by atoms with Crippen LogP contribution in [0.25, 0.3) is 0 Å². The molecule has 8 nitrogen and oxygen atoms in total. The number of halogens is 3. The molecule has 0 aromatic heterocycles. The van der Waals surface area contributed by atoms with Gasteiger partial charge in [-0.25, -0.2) is 0 Å². The predicted molar refractivity (Wildman–Crippen MR) is 128 cm³/mol. The van der Waals surface area contributed by atoms with Crippen LogP contribution in [-0.2, 0) is 4.79 Å². The first kappa shape index (κ1) is 27.1. The van der Waals surface area contributed by atoms with Crippen LogP contribution in [0.3, 0.4) is 0 Å². The first-order valence-electron chi connectivity index (χ1n) is 9.45. The molecule has 0 unspecified atom stereocenters. The molecule has 0 spiro atoms. The number of rotatable bonds is 4. The number of nitrogens with zero attached hydrogens (tertiary/aromatic N) is 4. The number of anilines is 1. The smallest absolute Gasteiger partial charge is 0.269 e. The van der Waals surface area contributed by atoms with Crippen molar-refractivity contribution in [2.75, 3.05) is 55.8 Å². The second-order valence-corrected chi connectivity index (χ2v) is 8.36. The summed E-state index contributed by atoms with van der Waals surface area (Å²) in [7, 11) is 0. The number of amides is 1. The number of carbonyl (C=O) groups is 1. The Morgan fingerprint density at radius 3 is 2.30 bits per heavy atom. The van der Waals surface area contributed by atoms with E-state index in [4.69, 9.17) is 0 Å². The monoisotopic (exact) mass is 499 g/mol. The fourth-order valence-corrected chi connectivity index (χ4v) is 5.08. The number of thioether (sulfide) groups is 1. The van der Waals surface area contributed by atoms with Crippen molar-refractivity contribution in [3.63, 3.8) is 0 Å². The van der Waals surface area contributed by atoms with E-state index in [0.717, 1.165) is 63.0 Å². The minimum absolute atomic E-state index is 0. The van der Waals surface area contributed by atoms with E-state index in [1.54, 1.807) is 12.1 Å². The van der Waals surface area contributed by atoms with Crippen LogP contribution < -0.4 is 10.2 Å². The van der Waals surface area contributed by atoms with Gasteiger partial charge in [0.05, 0.1) is 16.8 Å². The summed E-state index contributed by atoms with van der Waals surface area (Å²) < 4.78 is 0. The zero-order valence-corrected chi connectivity index (χ0v) is 19.7. The Balaban J connectivity index is 0.00000150. The lowest BCUT2D eigenvalue weighted by atomic mass is 10.1. The van der Waals surface area contributed by atoms with Crippen LogP contribution in [0.1, 0.15) is 6.42 Å². The molecule has 4 rings (SSSR count). The molecule has 30 heavy (non-hydrogen) atoms. The molecule has 3 heterocycles. The van der Waals surface area contributed by atoms with E-state index in [0.29, 0.717) is 6.04 Å². The Kier molecular flexibility index (Phi) is 11.0. The zero-order chi connectivity index (χ0) is 18.8. The Bertz CT molecular complexity index is 701. The highest BCUT2D eigenvalue weighted by Gasteiger charge is 2.36. The third kappa shape index (κ3) is 6.05. The molecular weight excluding hydrogens is 473 g/mol. The number of nitrogens with one attached hydrogen (secondary N) is 1. The molecular formula is C18H28Cl3N5O3S. The number of nitro groups is 1. The van der Waals surface area contributed by atoms with Crippen LogP contribution in [0.15, 0.2) is 24.3 Å². The number of hydrogen-bond donors (Lipinski definition) is 1. The minimum atomic E-state index is -0.368. The Morgan fingerprint density at radius 1 is 1.07 bits per heavy atom. The van der Waals surface area contributed by atoms with Gasteiger partial charge in [-0.2, -0.15) is 0 Å². The summed E-state index contributed by atoms with van der Waals surface area (Å²) in [5.74, 6) is 2.13. The Hall–Kier alpha value is -0.970. The van der Waals surface area contributed by atoms with Crippen LogP contribution in [0.4, 0.5) is 11.4 Å². The molecule has 1 N–H and O–H groups in total. The van der Waals surface area contributed by atoms with E-state index in [1.807, 2.05) is 28.8 Å². The zero-order valence-electron chi connectivity index (χ0n) is 16.5. The number of benzene rings is 1. The number of piperazine rings is 1. The average Bonchev–Trinajstić information content (AvgIpc) is 3.40. The summed E-state index contributed by atoms with van der Waals surface area (Å²) in [4.78, 5) is 29.7. The van der Waals surface area contributed by atoms with Gasteiger partial charge >= 0.3 is 0 Å². The van der Waals surface area contributed by atoms with Gasteiger partial charge in [0.25, 0.3) is 5.69 Å². The van der Waals surface area contributed by atoms with E-state index in [1.165, 1.54) is 0 Å². The summed E-state index contributed by atoms with van der Waals surface area (Å²) >= 11 is 1.82. The van der Waals surface area contributed by atoms with Gasteiger partial charge < -0.3 is 15.1 Å². The highest BCUT2D eigenvalue weighted by molar-refractivity contribution is 7.99. The molecule has 3 saturated heterocycles. The molecule has 1 aromatic carbocycles. The van der Waals surface area contributed by atoms with Crippen LogP contribution in [0.2, 0.25) is 0 Å². The summed E-state index contributed by atoms with van der Waals surface area (Å²) in [5, 5.41) is 14.2. The minimum Gasteiger partial charge on any atom is -0.369 e. The summed E-state index contributed by atoms with van der Waals surface area (Å²) in [5.41, 5.74) is 1.16. The lowest BCUT2D eigenvalue weighted by molar-refractivity contribution is -0.384. The first-order chi connectivity index (χ1) is 13.1. The topological polar surface area (TPSA) is 82.0 Å². The highest BCUT2D eigenvalue weighted by Crippen LogP contribution is 2.24. The molecule has 0 radical (unpaired) electrons. The van der Waals surface area contributed by atoms with E-state index >= 15 is 0 Å². The molecule has 1 amide bonds. The third-order valence-corrected chi connectivity index (χ3v) is 6.69. The first-order valence-corrected chi connectivity index (χ1v) is 10.6. The van der Waals surface area contributed by atoms with Crippen molar-refractivity contribution < 1.29 is 9.72 Å². The molecule has 1 aromatic rings. The van der Waals surface area contributed by atoms with Crippen molar-refractivity contribution >= 4 is 66.3 Å². The SMILES string of the molecule is Cl.Cl.Cl.O=C([C@@H]1C[C@H](N2CCN(c3ccc([N+](=O)[O-])cc3)CC2)CN1)N1CCSC1. The molecule has 170 valence electrons. The number of hydrogen-bond acceptors (Lipinski definition) is 7. The van der Waals surface area contributed by atoms with Gasteiger partial charge in [0.2, 0.25) is 5.91 Å². The molecule has 3 fully saturated rings. The standard InChI is InChI=1S/C18H25N5O3S.3ClH/c24-18(22-9-10-27-13-22)17-11-16(12-19-17)21-7-5-20(6-8-21)14-1-3-15(4-2-14)23(25)26;;;/h1-4,16-17,19H,5-13H2;3*1H/t16-,17-;;;/m0.../s1. The predicted octanol–water partition coefficient (Wildman–Crippen LogP) is 2.25. The summed E-state index contributed by atoms with van der Waals surface area (Å²) in [6, 6.07) is 7.15. The molecule has 0 bridgehead atoms. The number of nitro benzene ring substituents is 1. The van der Waals surface area contributed by atoms with Gasteiger partial charge in [-0.05, 0) is 18.6 Å². The highest BCUT2D eigenvalue weighted by atomic mass is 35.5. The van der Waals surface area contributed by atoms with Crippen LogP contribution >= 0.6 is 49.0 Å². The van der Waals surface area contributed by atoms with Crippen molar-refractivity contribution in [1.82, 2.24) is 15.1 Å². The fourth-order valence-electron chi connectivity index (χ4n) is 4.12. The van der Waals surface area contributed by atoms with Gasteiger partial charge in [-0.1, -0.05) is 0 Å². The normalized spacial score (nSPS) is 23.9. The third-order valence-electron chi connectivity index (χ3n) is 5.73. The second-order valence-electron chi connectivity index (χ2n) is 7.29. The van der Waals surface area contributed by atoms with Crippen LogP contribution in [0.5, 0.6) is 0 Å². The average molecular weight is 501 g/mol. The van der Waals surface area contributed by atoms with Gasteiger partial charge in [0.15, 0.2) is 0 Å². The van der Waals surface area contributed by atoms with Crippen molar-refractivity contribution in [3.8, 4) is 0 Å². The van der Waals surface area contributed by atoms with Crippen LogP contribution in [0, 0.1) is 10.1 Å². The molecule has 0 saturated carbocycles. The summed E-state index contributed by atoms with van der Waals surface area (Å²) in [6.45, 7) is 5.44. The summed E-state index contributed by atoms with van der Waals surface area (Å²) in [6.07, 6.45) is 0.886. The molecule has 12 heteroatoms. The van der Waals surface area contributed by atoms with E-state index in [-0.39, 0.29) is 59.8 Å². The Morgan fingerprint density at radius 2 is 1.73 bits per heavy atom. The lowest BCUT2D eigenvalue weighted by Gasteiger charge is -2.39. The second kappa shape index (κ2) is 12.2. The molecule has 0 aliphatic carbocycles. The van der Waals surface area contributed by atoms with E-state index < -0.39 is 0 Å². The van der Waals surface area contributed by atoms with Crippen molar-refractivity contribution in [3.05, 3.63) is 34.4 Å². The fraction of sp³-hybridized carbons (Fsp3) is 0.611. The number of carbonyl (C=O) groups excluding carboxylic acids is 1. The van der Waals surface area contributed by atoms with E-state index in [2.05, 4.69) is 15.1 Å². The van der Waals surface area contributed by atoms with Crippen molar-refractivity contribution in [2.45, 2.75) is 18.5 Å². The molecule has 3 aliphatic rings. The van der Waals surface area contributed by atoms with Gasteiger partial charge in [0, 0.05) is 68.9 Å². The van der Waals surface area contributed by atoms with Gasteiger partial charge in [-0.3, -0.25) is 19.8 Å². The maximum absolute atomic E-state index is 12.6. The van der Waals surface area contributed by atoms with E-state index in [9.17, 15) is 14.9 Å². The van der Waals surface area contributed by atoms with Gasteiger partial charge in [0.1, 0.15) is 0 Å². The largest absolute Gasteiger partial charge is 0.369 e. The maximum atomic E-state index is 12.6. The Labute approximate surface area is 199 Å². The maximum Gasteiger partial charge on any atom is 0.269 e. The lowest BCUT2D eigenvalue weighted by Crippen LogP contribution is -2.51. The van der Waals surface area contributed by atoms with Crippen molar-refractivity contribution in [1.29, 1.82) is 0 Å². The van der Waals surface area contributed by atoms with Crippen molar-refractivity contribution in [2.24, 2.45) is 0 Å².